The Kier molecular flexibility index (Phi) is 4.54. The minimum atomic E-state index is -3.25. The maximum atomic E-state index is 11.9. The van der Waals surface area contributed by atoms with Crippen molar-refractivity contribution in [2.24, 2.45) is 0 Å². The SMILES string of the molecule is O=S(=O)(CCC1CCCCN1)Nc1ccncc1. The molecule has 5 nitrogen and oxygen atoms in total. The molecule has 6 heteroatoms. The van der Waals surface area contributed by atoms with Gasteiger partial charge in [0.15, 0.2) is 0 Å². The van der Waals surface area contributed by atoms with Crippen LogP contribution in [-0.2, 0) is 10.0 Å². The molecule has 1 unspecified atom stereocenters. The van der Waals surface area contributed by atoms with Crippen LogP contribution in [0.2, 0.25) is 0 Å². The summed E-state index contributed by atoms with van der Waals surface area (Å²) in [5.74, 6) is 0.160. The predicted octanol–water partition coefficient (Wildman–Crippen LogP) is 1.36. The van der Waals surface area contributed by atoms with Gasteiger partial charge in [-0.2, -0.15) is 0 Å². The van der Waals surface area contributed by atoms with Gasteiger partial charge in [0.2, 0.25) is 10.0 Å². The Hall–Kier alpha value is -1.14. The third-order valence-electron chi connectivity index (χ3n) is 3.10. The summed E-state index contributed by atoms with van der Waals surface area (Å²) in [5.41, 5.74) is 0.571. The molecule has 1 atom stereocenters. The molecule has 100 valence electrons. The van der Waals surface area contributed by atoms with Gasteiger partial charge in [-0.25, -0.2) is 8.42 Å². The number of aromatic nitrogens is 1. The Morgan fingerprint density at radius 3 is 2.78 bits per heavy atom. The van der Waals surface area contributed by atoms with Crippen LogP contribution in [0.3, 0.4) is 0 Å². The zero-order valence-corrected chi connectivity index (χ0v) is 11.1. The van der Waals surface area contributed by atoms with Crippen LogP contribution in [0.25, 0.3) is 0 Å². The molecule has 1 saturated heterocycles. The van der Waals surface area contributed by atoms with Crippen molar-refractivity contribution in [1.29, 1.82) is 0 Å². The minimum Gasteiger partial charge on any atom is -0.314 e. The Bertz CT molecular complexity index is 455. The summed E-state index contributed by atoms with van der Waals surface area (Å²) in [6.45, 7) is 1.00. The van der Waals surface area contributed by atoms with Crippen LogP contribution in [0.5, 0.6) is 0 Å². The summed E-state index contributed by atoms with van der Waals surface area (Å²) in [5, 5.41) is 3.35. The van der Waals surface area contributed by atoms with E-state index in [-0.39, 0.29) is 5.75 Å². The Morgan fingerprint density at radius 2 is 2.11 bits per heavy atom. The van der Waals surface area contributed by atoms with Crippen LogP contribution in [0.4, 0.5) is 5.69 Å². The van der Waals surface area contributed by atoms with Crippen molar-refractivity contribution in [3.05, 3.63) is 24.5 Å². The van der Waals surface area contributed by atoms with Gasteiger partial charge in [0.05, 0.1) is 11.4 Å². The highest BCUT2D eigenvalue weighted by Gasteiger charge is 2.17. The van der Waals surface area contributed by atoms with E-state index in [1.165, 1.54) is 12.8 Å². The van der Waals surface area contributed by atoms with Gasteiger partial charge in [-0.15, -0.1) is 0 Å². The van der Waals surface area contributed by atoms with Gasteiger partial charge in [-0.05, 0) is 37.9 Å². The molecule has 0 spiro atoms. The summed E-state index contributed by atoms with van der Waals surface area (Å²) < 4.78 is 26.3. The van der Waals surface area contributed by atoms with Gasteiger partial charge in [0.1, 0.15) is 0 Å². The highest BCUT2D eigenvalue weighted by Crippen LogP contribution is 2.12. The van der Waals surface area contributed by atoms with E-state index in [0.29, 0.717) is 18.2 Å². The van der Waals surface area contributed by atoms with Gasteiger partial charge in [0, 0.05) is 18.4 Å². The summed E-state index contributed by atoms with van der Waals surface area (Å²) in [4.78, 5) is 3.85. The number of rotatable bonds is 5. The fourth-order valence-electron chi connectivity index (χ4n) is 2.12. The quantitative estimate of drug-likeness (QED) is 0.846. The number of anilines is 1. The van der Waals surface area contributed by atoms with E-state index in [1.807, 2.05) is 0 Å². The highest BCUT2D eigenvalue weighted by atomic mass is 32.2. The van der Waals surface area contributed by atoms with Crippen LogP contribution in [-0.4, -0.2) is 31.7 Å². The van der Waals surface area contributed by atoms with Gasteiger partial charge >= 0.3 is 0 Å². The molecule has 2 N–H and O–H groups in total. The van der Waals surface area contributed by atoms with Gasteiger partial charge in [-0.1, -0.05) is 6.42 Å². The maximum Gasteiger partial charge on any atom is 0.232 e. The lowest BCUT2D eigenvalue weighted by molar-refractivity contribution is 0.393. The molecule has 0 saturated carbocycles. The molecule has 0 aromatic carbocycles. The van der Waals surface area contributed by atoms with Crippen molar-refractivity contribution >= 4 is 15.7 Å². The minimum absolute atomic E-state index is 0.160. The molecular formula is C12H19N3O2S. The summed E-state index contributed by atoms with van der Waals surface area (Å²) in [6, 6.07) is 3.64. The molecular weight excluding hydrogens is 250 g/mol. The van der Waals surface area contributed by atoms with Crippen LogP contribution < -0.4 is 10.0 Å². The van der Waals surface area contributed by atoms with Gasteiger partial charge < -0.3 is 5.32 Å². The van der Waals surface area contributed by atoms with E-state index in [4.69, 9.17) is 0 Å². The number of piperidine rings is 1. The smallest absolute Gasteiger partial charge is 0.232 e. The Labute approximate surface area is 108 Å². The topological polar surface area (TPSA) is 71.1 Å². The summed E-state index contributed by atoms with van der Waals surface area (Å²) >= 11 is 0. The van der Waals surface area contributed by atoms with E-state index in [9.17, 15) is 8.42 Å². The zero-order chi connectivity index (χ0) is 12.8. The first-order chi connectivity index (χ1) is 8.66. The molecule has 2 rings (SSSR count). The van der Waals surface area contributed by atoms with Crippen LogP contribution in [0.1, 0.15) is 25.7 Å². The Morgan fingerprint density at radius 1 is 1.33 bits per heavy atom. The lowest BCUT2D eigenvalue weighted by Crippen LogP contribution is -2.36. The summed E-state index contributed by atoms with van der Waals surface area (Å²) in [7, 11) is -3.25. The number of hydrogen-bond donors (Lipinski definition) is 2. The van der Waals surface area contributed by atoms with E-state index < -0.39 is 10.0 Å². The average molecular weight is 269 g/mol. The fraction of sp³-hybridized carbons (Fsp3) is 0.583. The second kappa shape index (κ2) is 6.15. The van der Waals surface area contributed by atoms with Crippen molar-refractivity contribution in [2.45, 2.75) is 31.7 Å². The monoisotopic (exact) mass is 269 g/mol. The molecule has 1 aliphatic rings. The van der Waals surface area contributed by atoms with Crippen molar-refractivity contribution < 1.29 is 8.42 Å². The second-order valence-electron chi connectivity index (χ2n) is 4.59. The first-order valence-corrected chi connectivity index (χ1v) is 7.95. The van der Waals surface area contributed by atoms with Crippen molar-refractivity contribution in [2.75, 3.05) is 17.0 Å². The molecule has 2 heterocycles. The molecule has 1 aromatic rings. The molecule has 1 fully saturated rings. The summed E-state index contributed by atoms with van der Waals surface area (Å²) in [6.07, 6.45) is 7.26. The van der Waals surface area contributed by atoms with E-state index in [0.717, 1.165) is 13.0 Å². The lowest BCUT2D eigenvalue weighted by Gasteiger charge is -2.23. The third kappa shape index (κ3) is 4.27. The zero-order valence-electron chi connectivity index (χ0n) is 10.3. The molecule has 0 amide bonds. The van der Waals surface area contributed by atoms with Crippen molar-refractivity contribution in [1.82, 2.24) is 10.3 Å². The Balaban J connectivity index is 1.83. The standard InChI is InChI=1S/C12H19N3O2S/c16-18(17,15-12-4-8-13-9-5-12)10-6-11-3-1-2-7-14-11/h4-5,8-9,11,14H,1-3,6-7,10H2,(H,13,15). The van der Waals surface area contributed by atoms with Crippen molar-refractivity contribution in [3.8, 4) is 0 Å². The van der Waals surface area contributed by atoms with E-state index >= 15 is 0 Å². The second-order valence-corrected chi connectivity index (χ2v) is 6.43. The maximum absolute atomic E-state index is 11.9. The lowest BCUT2D eigenvalue weighted by atomic mass is 10.0. The van der Waals surface area contributed by atoms with Gasteiger partial charge in [-0.3, -0.25) is 9.71 Å². The van der Waals surface area contributed by atoms with E-state index in [2.05, 4.69) is 15.0 Å². The molecule has 1 aliphatic heterocycles. The number of hydrogen-bond acceptors (Lipinski definition) is 4. The molecule has 18 heavy (non-hydrogen) atoms. The van der Waals surface area contributed by atoms with Crippen molar-refractivity contribution in [3.63, 3.8) is 0 Å². The number of pyridine rings is 1. The first-order valence-electron chi connectivity index (χ1n) is 6.30. The number of nitrogens with zero attached hydrogens (tertiary/aromatic N) is 1. The highest BCUT2D eigenvalue weighted by molar-refractivity contribution is 7.92. The number of nitrogens with one attached hydrogen (secondary N) is 2. The van der Waals surface area contributed by atoms with Gasteiger partial charge in [0.25, 0.3) is 0 Å². The van der Waals surface area contributed by atoms with Crippen LogP contribution in [0.15, 0.2) is 24.5 Å². The normalized spacial score (nSPS) is 20.6. The van der Waals surface area contributed by atoms with Crippen LogP contribution >= 0.6 is 0 Å². The van der Waals surface area contributed by atoms with Crippen LogP contribution in [0, 0.1) is 0 Å². The first kappa shape index (κ1) is 13.3. The van der Waals surface area contributed by atoms with E-state index in [1.54, 1.807) is 24.5 Å². The molecule has 0 radical (unpaired) electrons. The largest absolute Gasteiger partial charge is 0.314 e. The fourth-order valence-corrected chi connectivity index (χ4v) is 3.31. The molecule has 0 aliphatic carbocycles. The predicted molar refractivity (Wildman–Crippen MR) is 71.9 cm³/mol. The molecule has 0 bridgehead atoms. The number of sulfonamides is 1. The average Bonchev–Trinajstić information content (AvgIpc) is 2.38. The molecule has 1 aromatic heterocycles. The third-order valence-corrected chi connectivity index (χ3v) is 4.42.